The number of H-pyrrole nitrogens is 1. The van der Waals surface area contributed by atoms with Gasteiger partial charge in [0, 0.05) is 5.56 Å². The second-order valence-electron chi connectivity index (χ2n) is 2.98. The fourth-order valence-electron chi connectivity index (χ4n) is 1.31. The Morgan fingerprint density at radius 2 is 2.33 bits per heavy atom. The number of hydrogen-bond donors (Lipinski definition) is 3. The summed E-state index contributed by atoms with van der Waals surface area (Å²) in [5, 5.41) is 14.8. The molecule has 12 heavy (non-hydrogen) atoms. The number of carboxylic acids is 1. The van der Waals surface area contributed by atoms with Gasteiger partial charge in [-0.05, 0) is 18.8 Å². The quantitative estimate of drug-likeness (QED) is 0.600. The maximum atomic E-state index is 10.6. The van der Waals surface area contributed by atoms with Crippen molar-refractivity contribution in [1.29, 1.82) is 0 Å². The van der Waals surface area contributed by atoms with Gasteiger partial charge in [0.05, 0.1) is 0 Å². The number of carboxylic acid groups (broad SMARTS) is 1. The molecular weight excluding hydrogens is 158 g/mol. The van der Waals surface area contributed by atoms with Gasteiger partial charge in [-0.3, -0.25) is 5.10 Å². The fourth-order valence-corrected chi connectivity index (χ4v) is 1.31. The van der Waals surface area contributed by atoms with Crippen LogP contribution in [-0.2, 0) is 0 Å². The van der Waals surface area contributed by atoms with E-state index >= 15 is 0 Å². The first-order valence-electron chi connectivity index (χ1n) is 3.77. The average Bonchev–Trinajstić information content (AvgIpc) is 2.75. The number of nitrogens with two attached hydrogens (primary N) is 1. The van der Waals surface area contributed by atoms with Gasteiger partial charge in [0.1, 0.15) is 11.5 Å². The normalized spacial score (nSPS) is 16.3. The molecule has 1 aliphatic rings. The third kappa shape index (κ3) is 0.939. The summed E-state index contributed by atoms with van der Waals surface area (Å²) in [6, 6.07) is 0. The van der Waals surface area contributed by atoms with Crippen molar-refractivity contribution >= 4 is 11.8 Å². The van der Waals surface area contributed by atoms with Gasteiger partial charge < -0.3 is 10.8 Å². The standard InChI is InChI=1S/C7H9N3O2/c8-6-4(3-1-2-3)5(7(11)12)9-10-6/h3H,1-2H2,(H,11,12)(H3,8,9,10). The molecule has 1 saturated carbocycles. The van der Waals surface area contributed by atoms with E-state index in [9.17, 15) is 4.79 Å². The molecule has 1 heterocycles. The Bertz CT molecular complexity index is 327. The second-order valence-corrected chi connectivity index (χ2v) is 2.98. The molecule has 0 radical (unpaired) electrons. The number of aromatic nitrogens is 2. The molecule has 0 amide bonds. The summed E-state index contributed by atoms with van der Waals surface area (Å²) in [7, 11) is 0. The Labute approximate surface area is 68.6 Å². The van der Waals surface area contributed by atoms with Crippen molar-refractivity contribution in [2.45, 2.75) is 18.8 Å². The van der Waals surface area contributed by atoms with Crippen molar-refractivity contribution in [3.8, 4) is 0 Å². The summed E-state index contributed by atoms with van der Waals surface area (Å²) in [6.45, 7) is 0. The van der Waals surface area contributed by atoms with Gasteiger partial charge in [0.2, 0.25) is 0 Å². The van der Waals surface area contributed by atoms with E-state index in [2.05, 4.69) is 10.2 Å². The van der Waals surface area contributed by atoms with E-state index in [0.29, 0.717) is 17.3 Å². The second kappa shape index (κ2) is 2.23. The molecule has 2 rings (SSSR count). The van der Waals surface area contributed by atoms with Crippen LogP contribution in [-0.4, -0.2) is 21.3 Å². The Balaban J connectivity index is 2.46. The number of rotatable bonds is 2. The lowest BCUT2D eigenvalue weighted by Gasteiger charge is -1.95. The maximum Gasteiger partial charge on any atom is 0.354 e. The lowest BCUT2D eigenvalue weighted by molar-refractivity contribution is 0.0689. The highest BCUT2D eigenvalue weighted by atomic mass is 16.4. The minimum atomic E-state index is -0.985. The fraction of sp³-hybridized carbons (Fsp3) is 0.429. The Hall–Kier alpha value is -1.52. The molecule has 64 valence electrons. The zero-order chi connectivity index (χ0) is 8.72. The molecule has 0 aromatic carbocycles. The predicted octanol–water partition coefficient (Wildman–Crippen LogP) is 0.567. The van der Waals surface area contributed by atoms with Crippen LogP contribution in [0.25, 0.3) is 0 Å². The van der Waals surface area contributed by atoms with Gasteiger partial charge in [-0.25, -0.2) is 4.79 Å². The molecule has 0 atom stereocenters. The molecule has 1 aromatic rings. The number of nitrogens with one attached hydrogen (secondary N) is 1. The average molecular weight is 167 g/mol. The van der Waals surface area contributed by atoms with E-state index < -0.39 is 5.97 Å². The monoisotopic (exact) mass is 167 g/mol. The van der Waals surface area contributed by atoms with Crippen molar-refractivity contribution in [2.24, 2.45) is 0 Å². The zero-order valence-electron chi connectivity index (χ0n) is 6.37. The third-order valence-electron chi connectivity index (χ3n) is 2.03. The molecule has 0 unspecified atom stereocenters. The number of nitrogen functional groups attached to an aromatic ring is 1. The summed E-state index contributed by atoms with van der Waals surface area (Å²) in [6.07, 6.45) is 2.04. The smallest absolute Gasteiger partial charge is 0.354 e. The molecule has 0 aliphatic heterocycles. The van der Waals surface area contributed by atoms with Crippen molar-refractivity contribution in [2.75, 3.05) is 5.73 Å². The van der Waals surface area contributed by atoms with Gasteiger partial charge in [0.25, 0.3) is 0 Å². The molecule has 5 heteroatoms. The summed E-state index contributed by atoms with van der Waals surface area (Å²) in [4.78, 5) is 10.6. The number of aromatic carboxylic acids is 1. The summed E-state index contributed by atoms with van der Waals surface area (Å²) in [5.74, 6) is -0.342. The molecule has 5 nitrogen and oxygen atoms in total. The molecule has 0 saturated heterocycles. The van der Waals surface area contributed by atoms with E-state index in [-0.39, 0.29) is 5.69 Å². The van der Waals surface area contributed by atoms with Crippen LogP contribution in [0.2, 0.25) is 0 Å². The van der Waals surface area contributed by atoms with Crippen molar-refractivity contribution < 1.29 is 9.90 Å². The minimum Gasteiger partial charge on any atom is -0.477 e. The molecule has 1 aromatic heterocycles. The third-order valence-corrected chi connectivity index (χ3v) is 2.03. The lowest BCUT2D eigenvalue weighted by Crippen LogP contribution is -2.01. The van der Waals surface area contributed by atoms with Crippen LogP contribution < -0.4 is 5.73 Å². The highest BCUT2D eigenvalue weighted by molar-refractivity contribution is 5.89. The topological polar surface area (TPSA) is 92.0 Å². The number of aromatic amines is 1. The van der Waals surface area contributed by atoms with Crippen LogP contribution in [0, 0.1) is 0 Å². The first kappa shape index (κ1) is 7.15. The number of hydrogen-bond acceptors (Lipinski definition) is 3. The van der Waals surface area contributed by atoms with Crippen LogP contribution in [0.4, 0.5) is 5.82 Å². The van der Waals surface area contributed by atoms with Gasteiger partial charge in [-0.15, -0.1) is 0 Å². The molecular formula is C7H9N3O2. The van der Waals surface area contributed by atoms with E-state index in [1.807, 2.05) is 0 Å². The first-order chi connectivity index (χ1) is 5.70. The van der Waals surface area contributed by atoms with Crippen molar-refractivity contribution in [3.63, 3.8) is 0 Å². The predicted molar refractivity (Wildman–Crippen MR) is 41.9 cm³/mol. The highest BCUT2D eigenvalue weighted by Crippen LogP contribution is 2.43. The molecule has 1 aliphatic carbocycles. The Kier molecular flexibility index (Phi) is 1.33. The van der Waals surface area contributed by atoms with Gasteiger partial charge in [0.15, 0.2) is 0 Å². The number of nitrogens with zero attached hydrogens (tertiary/aromatic N) is 1. The highest BCUT2D eigenvalue weighted by Gasteiger charge is 2.32. The summed E-state index contributed by atoms with van der Waals surface area (Å²) in [5.41, 5.74) is 6.35. The van der Waals surface area contributed by atoms with Gasteiger partial charge in [-0.2, -0.15) is 5.10 Å². The van der Waals surface area contributed by atoms with E-state index in [1.165, 1.54) is 0 Å². The number of carbonyl (C=O) groups is 1. The maximum absolute atomic E-state index is 10.6. The Morgan fingerprint density at radius 1 is 1.67 bits per heavy atom. The molecule has 1 fully saturated rings. The Morgan fingerprint density at radius 3 is 2.83 bits per heavy atom. The summed E-state index contributed by atoms with van der Waals surface area (Å²) >= 11 is 0. The molecule has 0 bridgehead atoms. The van der Waals surface area contributed by atoms with E-state index in [0.717, 1.165) is 12.8 Å². The van der Waals surface area contributed by atoms with Crippen LogP contribution in [0.15, 0.2) is 0 Å². The van der Waals surface area contributed by atoms with Crippen LogP contribution in [0.1, 0.15) is 34.8 Å². The van der Waals surface area contributed by atoms with Gasteiger partial charge >= 0.3 is 5.97 Å². The van der Waals surface area contributed by atoms with Crippen molar-refractivity contribution in [3.05, 3.63) is 11.3 Å². The van der Waals surface area contributed by atoms with E-state index in [4.69, 9.17) is 10.8 Å². The molecule has 0 spiro atoms. The van der Waals surface area contributed by atoms with Crippen LogP contribution >= 0.6 is 0 Å². The molecule has 4 N–H and O–H groups in total. The van der Waals surface area contributed by atoms with Crippen LogP contribution in [0.5, 0.6) is 0 Å². The number of anilines is 1. The largest absolute Gasteiger partial charge is 0.477 e. The van der Waals surface area contributed by atoms with Gasteiger partial charge in [-0.1, -0.05) is 0 Å². The zero-order valence-corrected chi connectivity index (χ0v) is 6.37. The lowest BCUT2D eigenvalue weighted by atomic mass is 10.1. The van der Waals surface area contributed by atoms with Crippen LogP contribution in [0.3, 0.4) is 0 Å². The summed E-state index contributed by atoms with van der Waals surface area (Å²) < 4.78 is 0. The first-order valence-corrected chi connectivity index (χ1v) is 3.77. The SMILES string of the molecule is Nc1n[nH]c(C(=O)O)c1C1CC1. The van der Waals surface area contributed by atoms with Crippen molar-refractivity contribution in [1.82, 2.24) is 10.2 Å². The van der Waals surface area contributed by atoms with E-state index in [1.54, 1.807) is 0 Å². The minimum absolute atomic E-state index is 0.148.